The van der Waals surface area contributed by atoms with Crippen LogP contribution in [-0.4, -0.2) is 25.2 Å². The maximum absolute atomic E-state index is 11.9. The normalized spacial score (nSPS) is 13.5. The number of anilines is 1. The van der Waals surface area contributed by atoms with Crippen molar-refractivity contribution in [3.8, 4) is 10.4 Å². The molecule has 3 rings (SSSR count). The highest BCUT2D eigenvalue weighted by Gasteiger charge is 2.29. The maximum atomic E-state index is 11.9. The highest BCUT2D eigenvalue weighted by Crippen LogP contribution is 2.37. The van der Waals surface area contributed by atoms with Crippen molar-refractivity contribution in [2.45, 2.75) is 25.3 Å². The van der Waals surface area contributed by atoms with Crippen LogP contribution >= 0.6 is 22.0 Å². The van der Waals surface area contributed by atoms with E-state index in [9.17, 15) is 18.0 Å². The van der Waals surface area contributed by atoms with Crippen molar-refractivity contribution in [1.82, 2.24) is 10.3 Å². The lowest BCUT2D eigenvalue weighted by atomic mass is 10.0. The Morgan fingerprint density at radius 1 is 1.42 bits per heavy atom. The molecule has 1 aromatic heterocycles. The summed E-state index contributed by atoms with van der Waals surface area (Å²) in [5.74, 6) is -0.709. The molecule has 0 bridgehead atoms. The molecule has 0 atom stereocenters. The van der Waals surface area contributed by atoms with Gasteiger partial charge in [0.2, 0.25) is 5.91 Å². The number of carbonyl (C=O) groups excluding carboxylic acids is 2. The third kappa shape index (κ3) is 3.02. The smallest absolute Gasteiger partial charge is 0.262 e. The summed E-state index contributed by atoms with van der Waals surface area (Å²) >= 11 is 1.22. The topological polar surface area (TPSA) is 105 Å². The van der Waals surface area contributed by atoms with Gasteiger partial charge in [-0.25, -0.2) is 13.4 Å². The predicted molar refractivity (Wildman–Crippen MR) is 90.8 cm³/mol. The molecule has 2 N–H and O–H groups in total. The molecule has 0 spiro atoms. The van der Waals surface area contributed by atoms with E-state index in [-0.39, 0.29) is 22.9 Å². The van der Waals surface area contributed by atoms with Crippen LogP contribution in [0.4, 0.5) is 5.13 Å². The van der Waals surface area contributed by atoms with E-state index in [0.29, 0.717) is 26.8 Å². The van der Waals surface area contributed by atoms with E-state index >= 15 is 0 Å². The van der Waals surface area contributed by atoms with Crippen molar-refractivity contribution >= 4 is 48.0 Å². The number of nitrogens with zero attached hydrogens (tertiary/aromatic N) is 1. The molecule has 10 heteroatoms. The van der Waals surface area contributed by atoms with Gasteiger partial charge in [-0.05, 0) is 30.2 Å². The molecule has 1 aromatic carbocycles. The standard InChI is InChI=1S/C14H12ClN3O4S2/c1-6-12(23-14(17-6)18-7(2)19)8-3-9-5-16-13(20)11(9)10(4-8)24(15,21)22/h3-4H,5H2,1-2H3,(H,16,20)(H,17,18,19). The highest BCUT2D eigenvalue weighted by atomic mass is 35.7. The Labute approximate surface area is 146 Å². The van der Waals surface area contributed by atoms with E-state index in [0.717, 1.165) is 0 Å². The molecule has 1 aliphatic rings. The Morgan fingerprint density at radius 3 is 2.75 bits per heavy atom. The van der Waals surface area contributed by atoms with Crippen LogP contribution in [0.1, 0.15) is 28.5 Å². The largest absolute Gasteiger partial charge is 0.348 e. The first-order chi connectivity index (χ1) is 11.2. The molecule has 0 saturated heterocycles. The van der Waals surface area contributed by atoms with Crippen LogP contribution in [0.3, 0.4) is 0 Å². The summed E-state index contributed by atoms with van der Waals surface area (Å²) in [4.78, 5) is 27.8. The number of benzene rings is 1. The molecule has 0 aliphatic carbocycles. The molecular weight excluding hydrogens is 374 g/mol. The summed E-state index contributed by atoms with van der Waals surface area (Å²) < 4.78 is 23.7. The average molecular weight is 386 g/mol. The van der Waals surface area contributed by atoms with Crippen molar-refractivity contribution in [3.05, 3.63) is 29.0 Å². The number of hydrogen-bond donors (Lipinski definition) is 2. The van der Waals surface area contributed by atoms with E-state index in [1.54, 1.807) is 13.0 Å². The number of aryl methyl sites for hydroxylation is 1. The van der Waals surface area contributed by atoms with Crippen LogP contribution in [0.5, 0.6) is 0 Å². The van der Waals surface area contributed by atoms with E-state index in [4.69, 9.17) is 10.7 Å². The summed E-state index contributed by atoms with van der Waals surface area (Å²) in [6.45, 7) is 3.36. The molecule has 0 radical (unpaired) electrons. The Balaban J connectivity index is 2.19. The molecular formula is C14H12ClN3O4S2. The van der Waals surface area contributed by atoms with E-state index in [2.05, 4.69) is 15.6 Å². The first-order valence-corrected chi connectivity index (χ1v) is 9.94. The highest BCUT2D eigenvalue weighted by molar-refractivity contribution is 8.13. The van der Waals surface area contributed by atoms with Crippen LogP contribution in [-0.2, 0) is 20.4 Å². The fraction of sp³-hybridized carbons (Fsp3) is 0.214. The number of nitrogens with one attached hydrogen (secondary N) is 2. The number of carbonyl (C=O) groups is 2. The molecule has 126 valence electrons. The number of rotatable bonds is 3. The number of aromatic nitrogens is 1. The number of hydrogen-bond acceptors (Lipinski definition) is 6. The molecule has 0 fully saturated rings. The number of thiazole rings is 1. The Hall–Kier alpha value is -1.97. The maximum Gasteiger partial charge on any atom is 0.262 e. The molecule has 2 aromatic rings. The van der Waals surface area contributed by atoms with Gasteiger partial charge in [0.05, 0.1) is 21.0 Å². The molecule has 0 saturated carbocycles. The number of fused-ring (bicyclic) bond motifs is 1. The molecule has 7 nitrogen and oxygen atoms in total. The summed E-state index contributed by atoms with van der Waals surface area (Å²) in [5, 5.41) is 5.61. The van der Waals surface area contributed by atoms with E-state index < -0.39 is 15.0 Å². The average Bonchev–Trinajstić information content (AvgIpc) is 3.00. The van der Waals surface area contributed by atoms with Gasteiger partial charge in [0.15, 0.2) is 5.13 Å². The number of halogens is 1. The summed E-state index contributed by atoms with van der Waals surface area (Å²) in [5.41, 5.74) is 1.86. The quantitative estimate of drug-likeness (QED) is 0.788. The van der Waals surface area contributed by atoms with Gasteiger partial charge in [-0.15, -0.1) is 0 Å². The zero-order valence-corrected chi connectivity index (χ0v) is 15.0. The first-order valence-electron chi connectivity index (χ1n) is 6.82. The third-order valence-electron chi connectivity index (χ3n) is 3.45. The van der Waals surface area contributed by atoms with E-state index in [1.165, 1.54) is 24.3 Å². The lowest BCUT2D eigenvalue weighted by molar-refractivity contribution is -0.114. The second-order valence-corrected chi connectivity index (χ2v) is 8.78. The SMILES string of the molecule is CC(=O)Nc1nc(C)c(-c2cc3c(c(S(=O)(=O)Cl)c2)C(=O)NC3)s1. The second-order valence-electron chi connectivity index (χ2n) is 5.24. The molecule has 2 amide bonds. The zero-order valence-electron chi connectivity index (χ0n) is 12.6. The zero-order chi connectivity index (χ0) is 17.6. The van der Waals surface area contributed by atoms with Crippen LogP contribution < -0.4 is 10.6 Å². The van der Waals surface area contributed by atoms with Crippen LogP contribution in [0.15, 0.2) is 17.0 Å². The van der Waals surface area contributed by atoms with E-state index in [1.807, 2.05) is 0 Å². The van der Waals surface area contributed by atoms with Crippen molar-refractivity contribution in [2.24, 2.45) is 0 Å². The van der Waals surface area contributed by atoms with Crippen molar-refractivity contribution < 1.29 is 18.0 Å². The second kappa shape index (κ2) is 5.83. The molecule has 1 aliphatic heterocycles. The molecule has 24 heavy (non-hydrogen) atoms. The van der Waals surface area contributed by atoms with Gasteiger partial charge < -0.3 is 10.6 Å². The fourth-order valence-electron chi connectivity index (χ4n) is 2.53. The van der Waals surface area contributed by atoms with Gasteiger partial charge in [-0.1, -0.05) is 11.3 Å². The lowest BCUT2D eigenvalue weighted by Gasteiger charge is -2.07. The summed E-state index contributed by atoms with van der Waals surface area (Å²) in [6.07, 6.45) is 0. The van der Waals surface area contributed by atoms with Gasteiger partial charge in [-0.3, -0.25) is 9.59 Å². The van der Waals surface area contributed by atoms with Gasteiger partial charge in [-0.2, -0.15) is 0 Å². The Kier molecular flexibility index (Phi) is 4.10. The van der Waals surface area contributed by atoms with Crippen molar-refractivity contribution in [3.63, 3.8) is 0 Å². The number of amides is 2. The van der Waals surface area contributed by atoms with Crippen molar-refractivity contribution in [2.75, 3.05) is 5.32 Å². The summed E-state index contributed by atoms with van der Waals surface area (Å²) in [7, 11) is 1.41. The van der Waals surface area contributed by atoms with Gasteiger partial charge in [0, 0.05) is 24.2 Å². The van der Waals surface area contributed by atoms with Gasteiger partial charge >= 0.3 is 0 Å². The Bertz CT molecular complexity index is 982. The van der Waals surface area contributed by atoms with Crippen LogP contribution in [0.2, 0.25) is 0 Å². The molecule has 0 unspecified atom stereocenters. The van der Waals surface area contributed by atoms with Gasteiger partial charge in [0.1, 0.15) is 0 Å². The summed E-state index contributed by atoms with van der Waals surface area (Å²) in [6, 6.07) is 3.10. The monoisotopic (exact) mass is 385 g/mol. The fourth-order valence-corrected chi connectivity index (χ4v) is 4.63. The van der Waals surface area contributed by atoms with Crippen LogP contribution in [0, 0.1) is 6.92 Å². The minimum atomic E-state index is -4.09. The van der Waals surface area contributed by atoms with Crippen LogP contribution in [0.25, 0.3) is 10.4 Å². The lowest BCUT2D eigenvalue weighted by Crippen LogP contribution is -2.14. The molecule has 2 heterocycles. The van der Waals surface area contributed by atoms with Gasteiger partial charge in [0.25, 0.3) is 15.0 Å². The van der Waals surface area contributed by atoms with Crippen molar-refractivity contribution in [1.29, 1.82) is 0 Å². The predicted octanol–water partition coefficient (Wildman–Crippen LogP) is 2.25. The Morgan fingerprint density at radius 2 is 2.12 bits per heavy atom. The third-order valence-corrected chi connectivity index (χ3v) is 5.92. The first kappa shape index (κ1) is 16.9. The minimum absolute atomic E-state index is 0.0815. The minimum Gasteiger partial charge on any atom is -0.348 e.